The second-order valence-corrected chi connectivity index (χ2v) is 6.91. The van der Waals surface area contributed by atoms with Gasteiger partial charge in [0.05, 0.1) is 6.61 Å². The van der Waals surface area contributed by atoms with Crippen LogP contribution in [-0.2, 0) is 18.0 Å². The Labute approximate surface area is 171 Å². The Morgan fingerprint density at radius 1 is 1.14 bits per heavy atom. The molecule has 0 spiro atoms. The Morgan fingerprint density at radius 2 is 1.86 bits per heavy atom. The Balaban J connectivity index is 1.44. The minimum absolute atomic E-state index is 0.425. The second-order valence-electron chi connectivity index (χ2n) is 6.91. The quantitative estimate of drug-likeness (QED) is 0.368. The lowest BCUT2D eigenvalue weighted by Crippen LogP contribution is -2.31. The van der Waals surface area contributed by atoms with E-state index in [-0.39, 0.29) is 0 Å². The van der Waals surface area contributed by atoms with Gasteiger partial charge in [0.1, 0.15) is 12.4 Å². The third-order valence-electron chi connectivity index (χ3n) is 4.67. The van der Waals surface area contributed by atoms with Crippen LogP contribution in [0.4, 0.5) is 0 Å². The summed E-state index contributed by atoms with van der Waals surface area (Å²) in [5.74, 6) is 0.392. The summed E-state index contributed by atoms with van der Waals surface area (Å²) in [6, 6.07) is 15.3. The van der Waals surface area contributed by atoms with Gasteiger partial charge in [0.25, 0.3) is 0 Å². The number of ether oxygens (including phenoxy) is 1. The monoisotopic (exact) mass is 393 g/mol. The fourth-order valence-corrected chi connectivity index (χ4v) is 3.02. The van der Waals surface area contributed by atoms with E-state index in [2.05, 4.69) is 35.2 Å². The van der Waals surface area contributed by atoms with E-state index in [0.717, 1.165) is 43.1 Å². The smallest absolute Gasteiger partial charge is 0.248 e. The van der Waals surface area contributed by atoms with E-state index < -0.39 is 5.91 Å². The van der Waals surface area contributed by atoms with Crippen LogP contribution in [0.1, 0.15) is 27.9 Å². The van der Waals surface area contributed by atoms with E-state index in [4.69, 9.17) is 15.3 Å². The lowest BCUT2D eigenvalue weighted by molar-refractivity contribution is 0.0793. The van der Waals surface area contributed by atoms with E-state index in [0.29, 0.717) is 18.8 Å². The van der Waals surface area contributed by atoms with Crippen molar-refractivity contribution in [2.24, 2.45) is 5.73 Å². The number of nitrogens with two attached hydrogens (primary N) is 1. The van der Waals surface area contributed by atoms with Crippen molar-refractivity contribution in [1.29, 1.82) is 0 Å². The van der Waals surface area contributed by atoms with E-state index in [1.807, 2.05) is 24.3 Å². The van der Waals surface area contributed by atoms with Crippen molar-refractivity contribution in [1.82, 2.24) is 10.4 Å². The summed E-state index contributed by atoms with van der Waals surface area (Å²) in [5.41, 5.74) is 12.1. The molecule has 0 unspecified atom stereocenters. The zero-order chi connectivity index (χ0) is 20.5. The Morgan fingerprint density at radius 3 is 2.48 bits per heavy atom. The van der Waals surface area contributed by atoms with Crippen LogP contribution >= 0.6 is 0 Å². The number of carbonyl (C=O) groups excluding carboxylic acids is 1. The number of benzene rings is 2. The summed E-state index contributed by atoms with van der Waals surface area (Å²) in [5, 5.41) is 0. The van der Waals surface area contributed by atoms with Crippen molar-refractivity contribution in [3.05, 3.63) is 89.6 Å². The van der Waals surface area contributed by atoms with Gasteiger partial charge in [-0.15, -0.1) is 6.58 Å². The fraction of sp³-hybridized carbons (Fsp3) is 0.261. The number of amides is 1. The molecule has 0 radical (unpaired) electrons. The maximum atomic E-state index is 11.1. The summed E-state index contributed by atoms with van der Waals surface area (Å²) >= 11 is 0. The predicted molar refractivity (Wildman–Crippen MR) is 113 cm³/mol. The molecule has 3 N–H and O–H groups in total. The first-order chi connectivity index (χ1) is 14.1. The molecule has 6 heteroatoms. The average Bonchev–Trinajstić information content (AvgIpc) is 2.75. The summed E-state index contributed by atoms with van der Waals surface area (Å²) in [4.78, 5) is 18.8. The zero-order valence-corrected chi connectivity index (χ0v) is 16.5. The molecule has 0 aromatic heterocycles. The molecule has 0 aliphatic carbocycles. The standard InChI is InChI=1S/C23H27N3O3/c1-2-15-29-25-21-11-13-26(14-12-21)16-18-5-9-22(10-6-18)28-17-19-3-7-20(8-4-19)23(24)27/h2-11,25H,1,12-17H2,(H2,24,27). The molecule has 6 nitrogen and oxygen atoms in total. The summed E-state index contributed by atoms with van der Waals surface area (Å²) < 4.78 is 5.83. The van der Waals surface area contributed by atoms with Gasteiger partial charge in [0.15, 0.2) is 0 Å². The van der Waals surface area contributed by atoms with Gasteiger partial charge in [-0.2, -0.15) is 0 Å². The maximum absolute atomic E-state index is 11.1. The zero-order valence-electron chi connectivity index (χ0n) is 16.5. The molecule has 0 atom stereocenters. The highest BCUT2D eigenvalue weighted by Gasteiger charge is 2.12. The minimum Gasteiger partial charge on any atom is -0.489 e. The number of nitrogens with zero attached hydrogens (tertiary/aromatic N) is 1. The molecular weight excluding hydrogens is 366 g/mol. The van der Waals surface area contributed by atoms with Crippen LogP contribution in [0.15, 0.2) is 73.0 Å². The maximum Gasteiger partial charge on any atom is 0.248 e. The Hall–Kier alpha value is -3.09. The van der Waals surface area contributed by atoms with E-state index >= 15 is 0 Å². The van der Waals surface area contributed by atoms with Gasteiger partial charge in [-0.1, -0.05) is 30.3 Å². The van der Waals surface area contributed by atoms with Crippen LogP contribution < -0.4 is 16.0 Å². The lowest BCUT2D eigenvalue weighted by atomic mass is 10.1. The molecule has 1 amide bonds. The molecule has 3 rings (SSSR count). The number of primary amides is 1. The lowest BCUT2D eigenvalue weighted by Gasteiger charge is -2.26. The van der Waals surface area contributed by atoms with Crippen molar-refractivity contribution < 1.29 is 14.4 Å². The first-order valence-electron chi connectivity index (χ1n) is 9.64. The van der Waals surface area contributed by atoms with Crippen molar-refractivity contribution in [3.63, 3.8) is 0 Å². The van der Waals surface area contributed by atoms with Gasteiger partial charge < -0.3 is 10.5 Å². The minimum atomic E-state index is -0.425. The molecule has 2 aromatic carbocycles. The summed E-state index contributed by atoms with van der Waals surface area (Å²) in [6.45, 7) is 7.33. The molecule has 1 heterocycles. The topological polar surface area (TPSA) is 76.8 Å². The molecule has 1 aliphatic heterocycles. The SMILES string of the molecule is C=CCONC1=CCN(Cc2ccc(OCc3ccc(C(N)=O)cc3)cc2)CC1. The predicted octanol–water partition coefficient (Wildman–Crippen LogP) is 3.16. The third kappa shape index (κ3) is 6.48. The van der Waals surface area contributed by atoms with Gasteiger partial charge in [-0.05, 0) is 41.5 Å². The molecule has 152 valence electrons. The van der Waals surface area contributed by atoms with Crippen molar-refractivity contribution in [2.75, 3.05) is 19.7 Å². The normalized spacial score (nSPS) is 14.1. The first-order valence-corrected chi connectivity index (χ1v) is 9.64. The molecule has 0 fully saturated rings. The first kappa shape index (κ1) is 20.6. The van der Waals surface area contributed by atoms with Crippen molar-refractivity contribution >= 4 is 5.91 Å². The van der Waals surface area contributed by atoms with Gasteiger partial charge in [-0.3, -0.25) is 20.0 Å². The van der Waals surface area contributed by atoms with E-state index in [1.165, 1.54) is 5.56 Å². The molecular formula is C23H27N3O3. The summed E-state index contributed by atoms with van der Waals surface area (Å²) in [6.07, 6.45) is 4.82. The van der Waals surface area contributed by atoms with Crippen molar-refractivity contribution in [3.8, 4) is 5.75 Å². The number of hydrogen-bond donors (Lipinski definition) is 2. The van der Waals surface area contributed by atoms with Crippen molar-refractivity contribution in [2.45, 2.75) is 19.6 Å². The Kier molecular flexibility index (Phi) is 7.44. The number of nitrogens with one attached hydrogen (secondary N) is 1. The van der Waals surface area contributed by atoms with Crippen LogP contribution in [0.2, 0.25) is 0 Å². The largest absolute Gasteiger partial charge is 0.489 e. The molecule has 2 aromatic rings. The highest BCUT2D eigenvalue weighted by Crippen LogP contribution is 2.17. The summed E-state index contributed by atoms with van der Waals surface area (Å²) in [7, 11) is 0. The van der Waals surface area contributed by atoms with E-state index in [1.54, 1.807) is 18.2 Å². The number of rotatable bonds is 10. The molecule has 0 bridgehead atoms. The third-order valence-corrected chi connectivity index (χ3v) is 4.67. The highest BCUT2D eigenvalue weighted by atomic mass is 16.6. The van der Waals surface area contributed by atoms with Crippen LogP contribution in [-0.4, -0.2) is 30.5 Å². The Bertz CT molecular complexity index is 845. The number of carbonyl (C=O) groups is 1. The molecule has 1 aliphatic rings. The van der Waals surface area contributed by atoms with Gasteiger partial charge in [0, 0.05) is 37.3 Å². The molecule has 29 heavy (non-hydrogen) atoms. The van der Waals surface area contributed by atoms with Crippen LogP contribution in [0.25, 0.3) is 0 Å². The van der Waals surface area contributed by atoms with Gasteiger partial charge >= 0.3 is 0 Å². The van der Waals surface area contributed by atoms with Gasteiger partial charge in [-0.25, -0.2) is 0 Å². The van der Waals surface area contributed by atoms with Crippen LogP contribution in [0, 0.1) is 0 Å². The molecule has 0 saturated heterocycles. The average molecular weight is 393 g/mol. The van der Waals surface area contributed by atoms with Crippen LogP contribution in [0.5, 0.6) is 5.75 Å². The van der Waals surface area contributed by atoms with E-state index in [9.17, 15) is 4.79 Å². The highest BCUT2D eigenvalue weighted by molar-refractivity contribution is 5.92. The second kappa shape index (κ2) is 10.5. The van der Waals surface area contributed by atoms with Crippen LogP contribution in [0.3, 0.4) is 0 Å². The number of hydrogen-bond acceptors (Lipinski definition) is 5. The molecule has 0 saturated carbocycles. The fourth-order valence-electron chi connectivity index (χ4n) is 3.02. The number of hydroxylamine groups is 1. The van der Waals surface area contributed by atoms with Gasteiger partial charge in [0.2, 0.25) is 5.91 Å².